The van der Waals surface area contributed by atoms with Crippen molar-refractivity contribution in [3.8, 4) is 33.8 Å². The topological polar surface area (TPSA) is 95.6 Å². The normalized spacial score (nSPS) is 11.6. The molecule has 33 heavy (non-hydrogen) atoms. The van der Waals surface area contributed by atoms with E-state index < -0.39 is 18.6 Å². The summed E-state index contributed by atoms with van der Waals surface area (Å²) in [6.07, 6.45) is 4.10. The smallest absolute Gasteiger partial charge is 0.405 e. The Morgan fingerprint density at radius 2 is 1.67 bits per heavy atom. The molecule has 1 N–H and O–H groups in total. The lowest BCUT2D eigenvalue weighted by Crippen LogP contribution is -2.34. The molecule has 4 rings (SSSR count). The average molecular weight is 460 g/mol. The largest absolute Gasteiger partial charge is 0.496 e. The van der Waals surface area contributed by atoms with Crippen LogP contribution in [-0.4, -0.2) is 57.2 Å². The van der Waals surface area contributed by atoms with E-state index in [2.05, 4.69) is 15.2 Å². The van der Waals surface area contributed by atoms with Crippen molar-refractivity contribution in [3.63, 3.8) is 0 Å². The quantitative estimate of drug-likeness (QED) is 0.475. The van der Waals surface area contributed by atoms with Crippen molar-refractivity contribution in [1.82, 2.24) is 29.7 Å². The Balaban J connectivity index is 1.74. The second-order valence-electron chi connectivity index (χ2n) is 7.13. The second-order valence-corrected chi connectivity index (χ2v) is 7.13. The molecule has 4 aromatic rings. The van der Waals surface area contributed by atoms with Crippen molar-refractivity contribution >= 4 is 11.6 Å². The maximum atomic E-state index is 12.5. The van der Waals surface area contributed by atoms with Crippen LogP contribution in [0.15, 0.2) is 43.1 Å². The Hall–Kier alpha value is -4.09. The summed E-state index contributed by atoms with van der Waals surface area (Å²) in [6, 6.07) is 3.05. The van der Waals surface area contributed by atoms with Gasteiger partial charge < -0.3 is 14.8 Å². The summed E-state index contributed by atoms with van der Waals surface area (Å²) in [6.45, 7) is -1.48. The van der Waals surface area contributed by atoms with E-state index in [1.54, 1.807) is 34.0 Å². The van der Waals surface area contributed by atoms with Gasteiger partial charge in [-0.1, -0.05) is 0 Å². The Morgan fingerprint density at radius 3 is 2.24 bits per heavy atom. The number of aryl methyl sites for hydroxylation is 1. The van der Waals surface area contributed by atoms with Crippen molar-refractivity contribution in [3.05, 3.63) is 48.7 Å². The standard InChI is InChI=1S/C21H19F3N6O3/c1-29-9-14(7-27-29)13-6-25-19-15(8-28-30(19)10-13)12-4-16(32-2)18(17(5-12)33-3)20(31)26-11-21(22,23)24/h4-10H,11H2,1-3H3,(H,26,31). The van der Waals surface area contributed by atoms with Crippen molar-refractivity contribution in [1.29, 1.82) is 0 Å². The summed E-state index contributed by atoms with van der Waals surface area (Å²) < 4.78 is 51.5. The lowest BCUT2D eigenvalue weighted by atomic mass is 10.0. The second kappa shape index (κ2) is 8.45. The minimum Gasteiger partial charge on any atom is -0.496 e. The fourth-order valence-electron chi connectivity index (χ4n) is 3.36. The van der Waals surface area contributed by atoms with Crippen LogP contribution in [0, 0.1) is 0 Å². The van der Waals surface area contributed by atoms with Gasteiger partial charge in [-0.05, 0) is 17.7 Å². The summed E-state index contributed by atoms with van der Waals surface area (Å²) in [5, 5.41) is 10.3. The highest BCUT2D eigenvalue weighted by Crippen LogP contribution is 2.36. The maximum absolute atomic E-state index is 12.5. The Morgan fingerprint density at radius 1 is 1.00 bits per heavy atom. The van der Waals surface area contributed by atoms with Gasteiger partial charge in [0, 0.05) is 42.3 Å². The monoisotopic (exact) mass is 460 g/mol. The van der Waals surface area contributed by atoms with Gasteiger partial charge in [-0.15, -0.1) is 0 Å². The highest BCUT2D eigenvalue weighted by Gasteiger charge is 2.30. The SMILES string of the molecule is COc1cc(-c2cnn3cc(-c4cnn(C)c4)cnc23)cc(OC)c1C(=O)NCC(F)(F)F. The van der Waals surface area contributed by atoms with Gasteiger partial charge in [0.2, 0.25) is 0 Å². The van der Waals surface area contributed by atoms with E-state index in [0.29, 0.717) is 16.8 Å². The third-order valence-corrected chi connectivity index (χ3v) is 4.89. The molecule has 0 aliphatic carbocycles. The van der Waals surface area contributed by atoms with Crippen LogP contribution in [-0.2, 0) is 7.05 Å². The summed E-state index contributed by atoms with van der Waals surface area (Å²) in [7, 11) is 4.44. The van der Waals surface area contributed by atoms with Gasteiger partial charge in [-0.25, -0.2) is 9.50 Å². The van der Waals surface area contributed by atoms with Crippen LogP contribution < -0.4 is 14.8 Å². The molecule has 1 aromatic carbocycles. The minimum absolute atomic E-state index is 0.0513. The number of amides is 1. The summed E-state index contributed by atoms with van der Waals surface area (Å²) in [5.74, 6) is -0.864. The first-order valence-electron chi connectivity index (χ1n) is 9.64. The predicted octanol–water partition coefficient (Wildman–Crippen LogP) is 3.11. The molecule has 0 saturated carbocycles. The Bertz CT molecular complexity index is 1300. The zero-order valence-electron chi connectivity index (χ0n) is 17.8. The number of hydrogen-bond acceptors (Lipinski definition) is 6. The van der Waals surface area contributed by atoms with Gasteiger partial charge in [0.25, 0.3) is 5.91 Å². The lowest BCUT2D eigenvalue weighted by Gasteiger charge is -2.15. The molecule has 0 spiro atoms. The lowest BCUT2D eigenvalue weighted by molar-refractivity contribution is -0.123. The number of rotatable bonds is 6. The van der Waals surface area contributed by atoms with Crippen LogP contribution in [0.3, 0.4) is 0 Å². The van der Waals surface area contributed by atoms with Crippen molar-refractivity contribution in [2.24, 2.45) is 7.05 Å². The maximum Gasteiger partial charge on any atom is 0.405 e. The molecule has 0 atom stereocenters. The van der Waals surface area contributed by atoms with E-state index in [1.807, 2.05) is 18.6 Å². The molecule has 1 amide bonds. The molecule has 3 heterocycles. The molecule has 172 valence electrons. The molecule has 0 unspecified atom stereocenters. The highest BCUT2D eigenvalue weighted by molar-refractivity contribution is 6.01. The first kappa shape index (κ1) is 22.1. The van der Waals surface area contributed by atoms with Crippen LogP contribution >= 0.6 is 0 Å². The molecular formula is C21H19F3N6O3. The number of alkyl halides is 3. The van der Waals surface area contributed by atoms with E-state index in [-0.39, 0.29) is 17.1 Å². The fourth-order valence-corrected chi connectivity index (χ4v) is 3.36. The first-order chi connectivity index (χ1) is 15.7. The number of methoxy groups -OCH3 is 2. The van der Waals surface area contributed by atoms with Crippen LogP contribution in [0.2, 0.25) is 0 Å². The van der Waals surface area contributed by atoms with E-state index in [0.717, 1.165) is 11.1 Å². The van der Waals surface area contributed by atoms with E-state index in [9.17, 15) is 18.0 Å². The molecule has 9 nitrogen and oxygen atoms in total. The number of carbonyl (C=O) groups excluding carboxylic acids is 1. The molecule has 0 aliphatic rings. The number of ether oxygens (including phenoxy) is 2. The first-order valence-corrected chi connectivity index (χ1v) is 9.64. The molecule has 0 fully saturated rings. The number of benzene rings is 1. The Labute approximate surface area is 185 Å². The van der Waals surface area contributed by atoms with Crippen LogP contribution in [0.4, 0.5) is 13.2 Å². The van der Waals surface area contributed by atoms with Crippen molar-refractivity contribution < 1.29 is 27.4 Å². The van der Waals surface area contributed by atoms with Gasteiger partial charge in [0.05, 0.1) is 26.6 Å². The summed E-state index contributed by atoms with van der Waals surface area (Å²) in [5.41, 5.74) is 3.26. The Kier molecular flexibility index (Phi) is 5.66. The van der Waals surface area contributed by atoms with Crippen molar-refractivity contribution in [2.75, 3.05) is 20.8 Å². The number of nitrogens with one attached hydrogen (secondary N) is 1. The minimum atomic E-state index is -4.55. The number of halogens is 3. The summed E-state index contributed by atoms with van der Waals surface area (Å²) >= 11 is 0. The van der Waals surface area contributed by atoms with Crippen LogP contribution in [0.1, 0.15) is 10.4 Å². The zero-order valence-corrected chi connectivity index (χ0v) is 17.8. The van der Waals surface area contributed by atoms with E-state index in [4.69, 9.17) is 9.47 Å². The van der Waals surface area contributed by atoms with Gasteiger partial charge >= 0.3 is 6.18 Å². The third-order valence-electron chi connectivity index (χ3n) is 4.89. The van der Waals surface area contributed by atoms with Gasteiger partial charge in [0.15, 0.2) is 5.65 Å². The number of fused-ring (bicyclic) bond motifs is 1. The van der Waals surface area contributed by atoms with Gasteiger partial charge in [-0.2, -0.15) is 23.4 Å². The zero-order chi connectivity index (χ0) is 23.8. The highest BCUT2D eigenvalue weighted by atomic mass is 19.4. The number of carbonyl (C=O) groups is 1. The molecule has 0 aliphatic heterocycles. The van der Waals surface area contributed by atoms with E-state index >= 15 is 0 Å². The van der Waals surface area contributed by atoms with E-state index in [1.165, 1.54) is 26.4 Å². The molecular weight excluding hydrogens is 441 g/mol. The van der Waals surface area contributed by atoms with Crippen LogP contribution in [0.25, 0.3) is 27.9 Å². The molecule has 0 saturated heterocycles. The third kappa shape index (κ3) is 4.45. The van der Waals surface area contributed by atoms with Gasteiger partial charge in [0.1, 0.15) is 23.6 Å². The number of hydrogen-bond donors (Lipinski definition) is 1. The average Bonchev–Trinajstić information content (AvgIpc) is 3.41. The van der Waals surface area contributed by atoms with Gasteiger partial charge in [-0.3, -0.25) is 9.48 Å². The predicted molar refractivity (Wildman–Crippen MR) is 112 cm³/mol. The number of aromatic nitrogens is 5. The molecule has 0 bridgehead atoms. The summed E-state index contributed by atoms with van der Waals surface area (Å²) in [4.78, 5) is 16.9. The molecule has 3 aromatic heterocycles. The molecule has 12 heteroatoms. The number of nitrogens with zero attached hydrogens (tertiary/aromatic N) is 5. The van der Waals surface area contributed by atoms with Crippen molar-refractivity contribution in [2.45, 2.75) is 6.18 Å². The van der Waals surface area contributed by atoms with Crippen LogP contribution in [0.5, 0.6) is 11.5 Å². The fraction of sp³-hybridized carbons (Fsp3) is 0.238. The molecule has 0 radical (unpaired) electrons.